The molecule has 1 unspecified atom stereocenters. The minimum atomic E-state index is -0.139. The number of pyridine rings is 1. The molecule has 0 aliphatic heterocycles. The van der Waals surface area contributed by atoms with Crippen LogP contribution in [0.4, 0.5) is 5.69 Å². The van der Waals surface area contributed by atoms with E-state index in [-0.39, 0.29) is 36.8 Å². The number of halogens is 2. The number of nitrogens with zero attached hydrogens (tertiary/aromatic N) is 1. The monoisotopic (exact) mass is 315 g/mol. The van der Waals surface area contributed by atoms with Gasteiger partial charge in [0.1, 0.15) is 0 Å². The molecule has 2 rings (SSSR count). The van der Waals surface area contributed by atoms with Gasteiger partial charge in [-0.15, -0.1) is 24.8 Å². The lowest BCUT2D eigenvalue weighted by atomic mass is 10.1. The van der Waals surface area contributed by atoms with Crippen LogP contribution in [0.25, 0.3) is 10.9 Å². The van der Waals surface area contributed by atoms with Crippen molar-refractivity contribution in [2.24, 2.45) is 5.73 Å². The van der Waals surface area contributed by atoms with Crippen molar-refractivity contribution in [1.29, 1.82) is 0 Å². The van der Waals surface area contributed by atoms with Crippen LogP contribution in [-0.4, -0.2) is 16.9 Å². The van der Waals surface area contributed by atoms with Gasteiger partial charge in [0.15, 0.2) is 0 Å². The fraction of sp³-hybridized carbons (Fsp3) is 0.286. The zero-order valence-corrected chi connectivity index (χ0v) is 13.1. The summed E-state index contributed by atoms with van der Waals surface area (Å²) in [6, 6.07) is 7.54. The van der Waals surface area contributed by atoms with Gasteiger partial charge in [0, 0.05) is 24.0 Å². The van der Waals surface area contributed by atoms with Crippen molar-refractivity contribution < 1.29 is 4.79 Å². The number of nitrogens with one attached hydrogen (secondary N) is 1. The van der Waals surface area contributed by atoms with Crippen molar-refractivity contribution in [2.45, 2.75) is 26.3 Å². The Morgan fingerprint density at radius 1 is 1.35 bits per heavy atom. The Bertz CT molecular complexity index is 588. The van der Waals surface area contributed by atoms with E-state index in [9.17, 15) is 4.79 Å². The quantitative estimate of drug-likeness (QED) is 0.914. The Kier molecular flexibility index (Phi) is 7.50. The van der Waals surface area contributed by atoms with Crippen LogP contribution in [0.1, 0.15) is 18.9 Å². The van der Waals surface area contributed by atoms with Gasteiger partial charge in [0.05, 0.1) is 11.2 Å². The molecule has 0 spiro atoms. The number of nitrogens with two attached hydrogens (primary N) is 1. The zero-order valence-electron chi connectivity index (χ0n) is 11.4. The van der Waals surface area contributed by atoms with E-state index < -0.39 is 0 Å². The van der Waals surface area contributed by atoms with E-state index in [0.717, 1.165) is 22.2 Å². The number of anilines is 1. The summed E-state index contributed by atoms with van der Waals surface area (Å²) in [5.41, 5.74) is 8.40. The number of carbonyl (C=O) groups excluding carboxylic acids is 1. The summed E-state index contributed by atoms with van der Waals surface area (Å²) in [6.07, 6.45) is 2.07. The highest BCUT2D eigenvalue weighted by atomic mass is 35.5. The molecule has 4 nitrogen and oxygen atoms in total. The summed E-state index contributed by atoms with van der Waals surface area (Å²) in [5, 5.41) is 3.84. The Balaban J connectivity index is 0.00000180. The van der Waals surface area contributed by atoms with Crippen LogP contribution in [-0.2, 0) is 4.79 Å². The number of aryl methyl sites for hydroxylation is 1. The Hall–Kier alpha value is -1.36. The number of benzene rings is 1. The van der Waals surface area contributed by atoms with Gasteiger partial charge in [0.2, 0.25) is 5.91 Å². The number of hydrogen-bond donors (Lipinski definition) is 2. The van der Waals surface area contributed by atoms with Gasteiger partial charge in [-0.3, -0.25) is 9.78 Å². The average molecular weight is 316 g/mol. The summed E-state index contributed by atoms with van der Waals surface area (Å²) in [6.45, 7) is 3.82. The van der Waals surface area contributed by atoms with Crippen molar-refractivity contribution >= 4 is 47.3 Å². The Labute approximate surface area is 131 Å². The lowest BCUT2D eigenvalue weighted by molar-refractivity contribution is -0.116. The van der Waals surface area contributed by atoms with Gasteiger partial charge in [-0.1, -0.05) is 6.07 Å². The van der Waals surface area contributed by atoms with Crippen LogP contribution in [0.3, 0.4) is 0 Å². The Morgan fingerprint density at radius 3 is 2.70 bits per heavy atom. The van der Waals surface area contributed by atoms with E-state index in [2.05, 4.69) is 10.3 Å². The normalized spacial score (nSPS) is 11.2. The second-order valence-electron chi connectivity index (χ2n) is 4.56. The smallest absolute Gasteiger partial charge is 0.225 e. The summed E-state index contributed by atoms with van der Waals surface area (Å²) < 4.78 is 0. The zero-order chi connectivity index (χ0) is 13.1. The standard InChI is InChI=1S/C14H17N3O.2ClH/c1-9-5-6-12(17-13(18)8-10(2)15)11-4-3-7-16-14(9)11;;/h3-7,10H,8,15H2,1-2H3,(H,17,18);2*1H. The van der Waals surface area contributed by atoms with Crippen LogP contribution in [0.15, 0.2) is 30.5 Å². The summed E-state index contributed by atoms with van der Waals surface area (Å²) in [4.78, 5) is 16.1. The average Bonchev–Trinajstić information content (AvgIpc) is 2.32. The molecule has 0 bridgehead atoms. The molecule has 0 aliphatic rings. The molecular formula is C14H19Cl2N3O. The highest BCUT2D eigenvalue weighted by molar-refractivity contribution is 6.01. The fourth-order valence-electron chi connectivity index (χ4n) is 1.92. The molecule has 1 amide bonds. The molecule has 1 atom stereocenters. The molecule has 1 heterocycles. The number of carbonyl (C=O) groups is 1. The summed E-state index contributed by atoms with van der Waals surface area (Å²) in [7, 11) is 0. The summed E-state index contributed by atoms with van der Waals surface area (Å²) in [5.74, 6) is -0.0704. The number of hydrogen-bond acceptors (Lipinski definition) is 3. The van der Waals surface area contributed by atoms with Gasteiger partial charge in [-0.25, -0.2) is 0 Å². The molecule has 0 saturated heterocycles. The molecular weight excluding hydrogens is 297 g/mol. The molecule has 2 aromatic rings. The Morgan fingerprint density at radius 2 is 2.05 bits per heavy atom. The third kappa shape index (κ3) is 4.34. The second-order valence-corrected chi connectivity index (χ2v) is 4.56. The molecule has 3 N–H and O–H groups in total. The first-order valence-corrected chi connectivity index (χ1v) is 5.97. The number of amides is 1. The highest BCUT2D eigenvalue weighted by Gasteiger charge is 2.09. The van der Waals surface area contributed by atoms with Crippen molar-refractivity contribution in [3.63, 3.8) is 0 Å². The maximum Gasteiger partial charge on any atom is 0.225 e. The van der Waals surface area contributed by atoms with E-state index in [1.807, 2.05) is 38.1 Å². The van der Waals surface area contributed by atoms with Crippen LogP contribution < -0.4 is 11.1 Å². The van der Waals surface area contributed by atoms with E-state index in [4.69, 9.17) is 5.73 Å². The van der Waals surface area contributed by atoms with Crippen molar-refractivity contribution in [1.82, 2.24) is 4.98 Å². The summed E-state index contributed by atoms with van der Waals surface area (Å²) >= 11 is 0. The third-order valence-corrected chi connectivity index (χ3v) is 2.75. The number of rotatable bonds is 3. The minimum absolute atomic E-state index is 0. The molecule has 1 aromatic carbocycles. The van der Waals surface area contributed by atoms with Crippen molar-refractivity contribution in [2.75, 3.05) is 5.32 Å². The van der Waals surface area contributed by atoms with E-state index in [1.165, 1.54) is 0 Å². The molecule has 0 saturated carbocycles. The van der Waals surface area contributed by atoms with Crippen molar-refractivity contribution in [3.8, 4) is 0 Å². The maximum atomic E-state index is 11.7. The van der Waals surface area contributed by atoms with Crippen LogP contribution in [0.5, 0.6) is 0 Å². The first-order valence-electron chi connectivity index (χ1n) is 5.97. The number of fused-ring (bicyclic) bond motifs is 1. The first kappa shape index (κ1) is 18.6. The van der Waals surface area contributed by atoms with E-state index in [1.54, 1.807) is 6.20 Å². The minimum Gasteiger partial charge on any atom is -0.327 e. The van der Waals surface area contributed by atoms with Gasteiger partial charge in [-0.05, 0) is 37.6 Å². The van der Waals surface area contributed by atoms with Crippen LogP contribution in [0, 0.1) is 6.92 Å². The molecule has 110 valence electrons. The molecule has 1 aromatic heterocycles. The van der Waals surface area contributed by atoms with Gasteiger partial charge < -0.3 is 11.1 Å². The first-order chi connectivity index (χ1) is 8.58. The predicted molar refractivity (Wildman–Crippen MR) is 87.9 cm³/mol. The van der Waals surface area contributed by atoms with E-state index >= 15 is 0 Å². The van der Waals surface area contributed by atoms with Gasteiger partial charge in [-0.2, -0.15) is 0 Å². The van der Waals surface area contributed by atoms with Gasteiger partial charge >= 0.3 is 0 Å². The molecule has 0 fully saturated rings. The molecule has 6 heteroatoms. The van der Waals surface area contributed by atoms with Crippen molar-refractivity contribution in [3.05, 3.63) is 36.0 Å². The number of aromatic nitrogens is 1. The molecule has 20 heavy (non-hydrogen) atoms. The SMILES string of the molecule is Cc1ccc(NC(=O)CC(C)N)c2cccnc12.Cl.Cl. The van der Waals surface area contributed by atoms with Crippen LogP contribution in [0.2, 0.25) is 0 Å². The second kappa shape index (κ2) is 8.04. The molecule has 0 radical (unpaired) electrons. The topological polar surface area (TPSA) is 68.0 Å². The largest absolute Gasteiger partial charge is 0.327 e. The lowest BCUT2D eigenvalue weighted by Gasteiger charge is -2.11. The van der Waals surface area contributed by atoms with E-state index in [0.29, 0.717) is 6.42 Å². The molecule has 0 aliphatic carbocycles. The highest BCUT2D eigenvalue weighted by Crippen LogP contribution is 2.24. The van der Waals surface area contributed by atoms with Gasteiger partial charge in [0.25, 0.3) is 0 Å². The maximum absolute atomic E-state index is 11.7. The lowest BCUT2D eigenvalue weighted by Crippen LogP contribution is -2.24. The predicted octanol–water partition coefficient (Wildman–Crippen LogP) is 3.06. The van der Waals surface area contributed by atoms with Crippen LogP contribution >= 0.6 is 24.8 Å². The third-order valence-electron chi connectivity index (χ3n) is 2.75. The fourth-order valence-corrected chi connectivity index (χ4v) is 1.92.